The van der Waals surface area contributed by atoms with Crippen LogP contribution < -0.4 is 0 Å². The molecule has 1 aliphatic heterocycles. The number of hydrogen-bond donors (Lipinski definition) is 0. The molecule has 3 aromatic heterocycles. The standard InChI is InChI=1S/C22H23N5O2S2/c1-14-16(9-11-29-14)20-24-25-22(26(20)2)30-13-19(28)27-10-5-6-15(12-27)21-23-17-7-3-4-8-18(17)31-21/h3-4,7-9,11,15H,5-6,10,12-13H2,1-2H3. The van der Waals surface area contributed by atoms with E-state index in [1.54, 1.807) is 17.6 Å². The van der Waals surface area contributed by atoms with Crippen molar-refractivity contribution in [3.8, 4) is 11.4 Å². The smallest absolute Gasteiger partial charge is 0.233 e. The van der Waals surface area contributed by atoms with E-state index in [-0.39, 0.29) is 5.91 Å². The van der Waals surface area contributed by atoms with Crippen LogP contribution in [0.4, 0.5) is 0 Å². The van der Waals surface area contributed by atoms with Crippen LogP contribution in [0.2, 0.25) is 0 Å². The Balaban J connectivity index is 1.24. The van der Waals surface area contributed by atoms with E-state index in [1.807, 2.05) is 41.6 Å². The molecule has 1 aromatic carbocycles. The zero-order valence-electron chi connectivity index (χ0n) is 17.4. The molecule has 0 saturated carbocycles. The number of fused-ring (bicyclic) bond motifs is 1. The van der Waals surface area contributed by atoms with E-state index < -0.39 is 0 Å². The summed E-state index contributed by atoms with van der Waals surface area (Å²) < 4.78 is 8.50. The number of carbonyl (C=O) groups is 1. The van der Waals surface area contributed by atoms with Crippen molar-refractivity contribution in [2.75, 3.05) is 18.8 Å². The first-order chi connectivity index (χ1) is 15.1. The molecule has 0 spiro atoms. The second-order valence-corrected chi connectivity index (χ2v) is 9.75. The molecule has 0 N–H and O–H groups in total. The van der Waals surface area contributed by atoms with Crippen molar-refractivity contribution in [1.82, 2.24) is 24.6 Å². The average molecular weight is 454 g/mol. The molecule has 4 aromatic rings. The minimum absolute atomic E-state index is 0.139. The Hall–Kier alpha value is -2.65. The summed E-state index contributed by atoms with van der Waals surface area (Å²) >= 11 is 3.18. The zero-order chi connectivity index (χ0) is 21.4. The number of rotatable bonds is 5. The number of carbonyl (C=O) groups excluding carboxylic acids is 1. The van der Waals surface area contributed by atoms with Crippen molar-refractivity contribution >= 4 is 39.2 Å². The lowest BCUT2D eigenvalue weighted by molar-refractivity contribution is -0.129. The molecule has 4 heterocycles. The van der Waals surface area contributed by atoms with Crippen LogP contribution in [0.15, 0.2) is 46.2 Å². The van der Waals surface area contributed by atoms with Crippen molar-refractivity contribution in [3.05, 3.63) is 47.4 Å². The van der Waals surface area contributed by atoms with E-state index in [2.05, 4.69) is 22.3 Å². The summed E-state index contributed by atoms with van der Waals surface area (Å²) in [5.74, 6) is 2.35. The van der Waals surface area contributed by atoms with Gasteiger partial charge in [0.2, 0.25) is 5.91 Å². The molecular formula is C22H23N5O2S2. The predicted octanol–water partition coefficient (Wildman–Crippen LogP) is 4.49. The maximum atomic E-state index is 12.9. The number of para-hydroxylation sites is 1. The number of piperidine rings is 1. The second kappa shape index (κ2) is 8.47. The van der Waals surface area contributed by atoms with Crippen molar-refractivity contribution < 1.29 is 9.21 Å². The third kappa shape index (κ3) is 3.99. The topological polar surface area (TPSA) is 77.1 Å². The molecule has 1 atom stereocenters. The number of aryl methyl sites for hydroxylation is 1. The van der Waals surface area contributed by atoms with Crippen LogP contribution in [-0.4, -0.2) is 49.4 Å². The fourth-order valence-corrected chi connectivity index (χ4v) is 5.89. The van der Waals surface area contributed by atoms with Gasteiger partial charge in [-0.1, -0.05) is 23.9 Å². The number of aromatic nitrogens is 4. The van der Waals surface area contributed by atoms with Crippen LogP contribution in [-0.2, 0) is 11.8 Å². The van der Waals surface area contributed by atoms with Gasteiger partial charge in [-0.2, -0.15) is 0 Å². The van der Waals surface area contributed by atoms with Gasteiger partial charge in [0.1, 0.15) is 5.76 Å². The molecule has 31 heavy (non-hydrogen) atoms. The first-order valence-corrected chi connectivity index (χ1v) is 12.1. The first kappa shape index (κ1) is 20.3. The van der Waals surface area contributed by atoms with Crippen LogP contribution in [0, 0.1) is 6.92 Å². The predicted molar refractivity (Wildman–Crippen MR) is 122 cm³/mol. The van der Waals surface area contributed by atoms with Crippen molar-refractivity contribution in [1.29, 1.82) is 0 Å². The highest BCUT2D eigenvalue weighted by Gasteiger charge is 2.27. The fraction of sp³-hybridized carbons (Fsp3) is 0.364. The Morgan fingerprint density at radius 1 is 1.29 bits per heavy atom. The minimum Gasteiger partial charge on any atom is -0.469 e. The summed E-state index contributed by atoms with van der Waals surface area (Å²) in [5, 5.41) is 10.4. The van der Waals surface area contributed by atoms with Gasteiger partial charge in [0.25, 0.3) is 0 Å². The van der Waals surface area contributed by atoms with Crippen molar-refractivity contribution in [3.63, 3.8) is 0 Å². The van der Waals surface area contributed by atoms with Crippen LogP contribution >= 0.6 is 23.1 Å². The molecule has 1 aliphatic rings. The zero-order valence-corrected chi connectivity index (χ0v) is 19.1. The largest absolute Gasteiger partial charge is 0.469 e. The van der Waals surface area contributed by atoms with Gasteiger partial charge < -0.3 is 13.9 Å². The van der Waals surface area contributed by atoms with E-state index in [0.717, 1.165) is 58.8 Å². The van der Waals surface area contributed by atoms with Gasteiger partial charge in [-0.3, -0.25) is 4.79 Å². The summed E-state index contributed by atoms with van der Waals surface area (Å²) in [6.45, 7) is 3.44. The molecule has 1 saturated heterocycles. The normalized spacial score (nSPS) is 16.8. The monoisotopic (exact) mass is 453 g/mol. The van der Waals surface area contributed by atoms with Crippen LogP contribution in [0.1, 0.15) is 29.5 Å². The molecular weight excluding hydrogens is 430 g/mol. The van der Waals surface area contributed by atoms with Gasteiger partial charge >= 0.3 is 0 Å². The first-order valence-electron chi connectivity index (χ1n) is 10.3. The molecule has 0 bridgehead atoms. The van der Waals surface area contributed by atoms with Gasteiger partial charge in [-0.15, -0.1) is 21.5 Å². The molecule has 1 unspecified atom stereocenters. The number of likely N-dealkylation sites (tertiary alicyclic amines) is 1. The molecule has 7 nitrogen and oxygen atoms in total. The summed E-state index contributed by atoms with van der Waals surface area (Å²) in [4.78, 5) is 19.7. The van der Waals surface area contributed by atoms with Crippen LogP contribution in [0.5, 0.6) is 0 Å². The quantitative estimate of drug-likeness (QED) is 0.414. The Labute approximate surface area is 188 Å². The average Bonchev–Trinajstić information content (AvgIpc) is 3.50. The molecule has 0 aliphatic carbocycles. The number of furan rings is 1. The van der Waals surface area contributed by atoms with Gasteiger partial charge in [-0.05, 0) is 38.0 Å². The van der Waals surface area contributed by atoms with E-state index in [4.69, 9.17) is 9.40 Å². The number of benzene rings is 1. The number of nitrogens with zero attached hydrogens (tertiary/aromatic N) is 5. The number of thiazole rings is 1. The Kier molecular flexibility index (Phi) is 5.54. The van der Waals surface area contributed by atoms with Gasteiger partial charge in [0.05, 0.1) is 32.8 Å². The Morgan fingerprint density at radius 3 is 2.97 bits per heavy atom. The lowest BCUT2D eigenvalue weighted by Gasteiger charge is -2.31. The summed E-state index contributed by atoms with van der Waals surface area (Å²) in [6.07, 6.45) is 3.73. The molecule has 5 rings (SSSR count). The molecule has 1 amide bonds. The van der Waals surface area contributed by atoms with E-state index in [1.165, 1.54) is 16.5 Å². The maximum Gasteiger partial charge on any atom is 0.233 e. The highest BCUT2D eigenvalue weighted by atomic mass is 32.2. The number of thioether (sulfide) groups is 1. The SMILES string of the molecule is Cc1occc1-c1nnc(SCC(=O)N2CCCC(c3nc4ccccc4s3)C2)n1C. The Bertz CT molecular complexity index is 1190. The molecule has 1 fully saturated rings. The highest BCUT2D eigenvalue weighted by Crippen LogP contribution is 2.33. The minimum atomic E-state index is 0.139. The van der Waals surface area contributed by atoms with E-state index in [0.29, 0.717) is 11.7 Å². The summed E-state index contributed by atoms with van der Waals surface area (Å²) in [6, 6.07) is 10.1. The van der Waals surface area contributed by atoms with E-state index >= 15 is 0 Å². The molecule has 0 radical (unpaired) electrons. The summed E-state index contributed by atoms with van der Waals surface area (Å²) in [7, 11) is 1.92. The number of amides is 1. The van der Waals surface area contributed by atoms with Crippen LogP contribution in [0.25, 0.3) is 21.6 Å². The second-order valence-electron chi connectivity index (χ2n) is 7.74. The van der Waals surface area contributed by atoms with E-state index in [9.17, 15) is 4.79 Å². The third-order valence-electron chi connectivity index (χ3n) is 5.69. The number of hydrogen-bond acceptors (Lipinski definition) is 7. The van der Waals surface area contributed by atoms with Gasteiger partial charge in [-0.25, -0.2) is 4.98 Å². The van der Waals surface area contributed by atoms with Gasteiger partial charge in [0, 0.05) is 26.1 Å². The molecule has 160 valence electrons. The fourth-order valence-electron chi connectivity index (χ4n) is 3.98. The lowest BCUT2D eigenvalue weighted by atomic mass is 9.99. The lowest BCUT2D eigenvalue weighted by Crippen LogP contribution is -2.40. The third-order valence-corrected chi connectivity index (χ3v) is 7.90. The Morgan fingerprint density at radius 2 is 2.16 bits per heavy atom. The van der Waals surface area contributed by atoms with Crippen molar-refractivity contribution in [2.45, 2.75) is 30.8 Å². The summed E-state index contributed by atoms with van der Waals surface area (Å²) in [5.41, 5.74) is 1.97. The van der Waals surface area contributed by atoms with Crippen LogP contribution in [0.3, 0.4) is 0 Å². The van der Waals surface area contributed by atoms with Crippen molar-refractivity contribution in [2.24, 2.45) is 7.05 Å². The highest BCUT2D eigenvalue weighted by molar-refractivity contribution is 7.99. The van der Waals surface area contributed by atoms with Gasteiger partial charge in [0.15, 0.2) is 11.0 Å². The maximum absolute atomic E-state index is 12.9. The molecule has 9 heteroatoms.